The third-order valence-electron chi connectivity index (χ3n) is 2.25. The van der Waals surface area contributed by atoms with Gasteiger partial charge in [0.05, 0.1) is 7.11 Å². The number of hydrogen-bond donors (Lipinski definition) is 0. The molecule has 0 aromatic carbocycles. The molecule has 0 aromatic heterocycles. The van der Waals surface area contributed by atoms with Gasteiger partial charge in [-0.15, -0.1) is 0 Å². The van der Waals surface area contributed by atoms with Gasteiger partial charge in [0, 0.05) is 6.42 Å². The average Bonchev–Trinajstić information content (AvgIpc) is 2.29. The first-order chi connectivity index (χ1) is 7.67. The number of nitrogens with zero attached hydrogens (tertiary/aromatic N) is 2. The van der Waals surface area contributed by atoms with Crippen LogP contribution >= 0.6 is 0 Å². The van der Waals surface area contributed by atoms with Crippen molar-refractivity contribution >= 4 is 17.5 Å². The smallest absolute Gasteiger partial charge is 0.441 e. The number of ketones is 1. The van der Waals surface area contributed by atoms with Crippen LogP contribution in [0.25, 0.3) is 5.53 Å². The molecule has 0 aliphatic heterocycles. The molecule has 90 valence electrons. The molecule has 0 saturated heterocycles. The zero-order valence-electron chi connectivity index (χ0n) is 9.86. The largest absolute Gasteiger partial charge is 0.460 e. The topological polar surface area (TPSA) is 79.8 Å². The van der Waals surface area contributed by atoms with Crippen molar-refractivity contribution in [1.29, 1.82) is 0 Å². The van der Waals surface area contributed by atoms with Crippen molar-refractivity contribution in [3.8, 4) is 0 Å². The molecule has 0 spiro atoms. The van der Waals surface area contributed by atoms with E-state index in [4.69, 9.17) is 5.53 Å². The Morgan fingerprint density at radius 3 is 2.31 bits per heavy atom. The van der Waals surface area contributed by atoms with Gasteiger partial charge in [0.25, 0.3) is 5.78 Å². The van der Waals surface area contributed by atoms with Crippen molar-refractivity contribution in [2.75, 3.05) is 7.11 Å². The first-order valence-corrected chi connectivity index (χ1v) is 5.50. The molecule has 0 bridgehead atoms. The third kappa shape index (κ3) is 5.41. The lowest BCUT2D eigenvalue weighted by molar-refractivity contribution is -0.139. The molecule has 0 aliphatic carbocycles. The molecule has 0 radical (unpaired) electrons. The van der Waals surface area contributed by atoms with E-state index in [2.05, 4.69) is 16.5 Å². The number of ether oxygens (including phenoxy) is 1. The van der Waals surface area contributed by atoms with Gasteiger partial charge in [0.15, 0.2) is 0 Å². The van der Waals surface area contributed by atoms with Gasteiger partial charge in [-0.2, -0.15) is 4.79 Å². The SMILES string of the molecule is CCCCCCCC(=O)C(=[N+]=[N-])C(=O)OC. The van der Waals surface area contributed by atoms with E-state index in [-0.39, 0.29) is 6.42 Å². The van der Waals surface area contributed by atoms with Crippen molar-refractivity contribution < 1.29 is 19.1 Å². The first-order valence-electron chi connectivity index (χ1n) is 5.50. The highest BCUT2D eigenvalue weighted by molar-refractivity contribution is 6.62. The molecule has 0 aliphatic rings. The highest BCUT2D eigenvalue weighted by atomic mass is 16.5. The molecule has 5 nitrogen and oxygen atoms in total. The summed E-state index contributed by atoms with van der Waals surface area (Å²) in [5.41, 5.74) is 7.99. The highest BCUT2D eigenvalue weighted by Crippen LogP contribution is 2.05. The number of rotatable bonds is 8. The number of Topliss-reactive ketones (excluding diaryl/α,β-unsaturated/α-hetero) is 1. The number of carbonyl (C=O) groups is 2. The van der Waals surface area contributed by atoms with Crippen LogP contribution in [-0.4, -0.2) is 29.4 Å². The van der Waals surface area contributed by atoms with Gasteiger partial charge in [-0.1, -0.05) is 32.6 Å². The van der Waals surface area contributed by atoms with E-state index in [0.29, 0.717) is 6.42 Å². The summed E-state index contributed by atoms with van der Waals surface area (Å²) >= 11 is 0. The molecule has 0 heterocycles. The fraction of sp³-hybridized carbons (Fsp3) is 0.727. The lowest BCUT2D eigenvalue weighted by Gasteiger charge is -1.97. The predicted octanol–water partition coefficient (Wildman–Crippen LogP) is 1.76. The van der Waals surface area contributed by atoms with E-state index < -0.39 is 17.5 Å². The number of unbranched alkanes of at least 4 members (excludes halogenated alkanes) is 4. The second-order valence-electron chi connectivity index (χ2n) is 3.53. The summed E-state index contributed by atoms with van der Waals surface area (Å²) < 4.78 is 4.32. The van der Waals surface area contributed by atoms with Crippen molar-refractivity contribution in [2.24, 2.45) is 0 Å². The molecular formula is C11H18N2O3. The van der Waals surface area contributed by atoms with Crippen LogP contribution in [0.5, 0.6) is 0 Å². The van der Waals surface area contributed by atoms with E-state index in [1.165, 1.54) is 0 Å². The van der Waals surface area contributed by atoms with Crippen LogP contribution in [-0.2, 0) is 14.3 Å². The Morgan fingerprint density at radius 1 is 1.19 bits per heavy atom. The maximum absolute atomic E-state index is 11.4. The molecule has 0 fully saturated rings. The van der Waals surface area contributed by atoms with Crippen LogP contribution in [0, 0.1) is 0 Å². The Balaban J connectivity index is 3.96. The minimum atomic E-state index is -0.888. The average molecular weight is 226 g/mol. The van der Waals surface area contributed by atoms with Gasteiger partial charge in [-0.3, -0.25) is 4.79 Å². The second kappa shape index (κ2) is 8.80. The molecule has 0 unspecified atom stereocenters. The molecule has 16 heavy (non-hydrogen) atoms. The quantitative estimate of drug-likeness (QED) is 0.158. The summed E-state index contributed by atoms with van der Waals surface area (Å²) in [4.78, 5) is 25.1. The number of esters is 1. The molecular weight excluding hydrogens is 208 g/mol. The van der Waals surface area contributed by atoms with Crippen LogP contribution in [0.15, 0.2) is 0 Å². The van der Waals surface area contributed by atoms with Crippen LogP contribution in [0.3, 0.4) is 0 Å². The summed E-state index contributed by atoms with van der Waals surface area (Å²) in [6.07, 6.45) is 5.23. The summed E-state index contributed by atoms with van der Waals surface area (Å²) in [7, 11) is 1.14. The summed E-state index contributed by atoms with van der Waals surface area (Å²) in [5, 5.41) is 0. The second-order valence-corrected chi connectivity index (χ2v) is 3.53. The van der Waals surface area contributed by atoms with E-state index in [1.807, 2.05) is 0 Å². The number of hydrogen-bond acceptors (Lipinski definition) is 3. The molecule has 0 aromatic rings. The van der Waals surface area contributed by atoms with Gasteiger partial charge < -0.3 is 10.3 Å². The molecule has 0 N–H and O–H groups in total. The summed E-state index contributed by atoms with van der Waals surface area (Å²) in [5.74, 6) is -1.35. The molecule has 0 amide bonds. The minimum absolute atomic E-state index is 0.220. The van der Waals surface area contributed by atoms with E-state index in [0.717, 1.165) is 32.8 Å². The summed E-state index contributed by atoms with van der Waals surface area (Å²) in [6, 6.07) is 0. The van der Waals surface area contributed by atoms with Crippen molar-refractivity contribution in [3.63, 3.8) is 0 Å². The van der Waals surface area contributed by atoms with Crippen molar-refractivity contribution in [2.45, 2.75) is 45.4 Å². The molecule has 0 atom stereocenters. The number of carbonyl (C=O) groups excluding carboxylic acids is 2. The van der Waals surface area contributed by atoms with Gasteiger partial charge in [-0.25, -0.2) is 4.79 Å². The van der Waals surface area contributed by atoms with E-state index in [9.17, 15) is 9.59 Å². The van der Waals surface area contributed by atoms with Crippen LogP contribution < -0.4 is 0 Å². The third-order valence-corrected chi connectivity index (χ3v) is 2.25. The lowest BCUT2D eigenvalue weighted by Crippen LogP contribution is -2.26. The van der Waals surface area contributed by atoms with E-state index >= 15 is 0 Å². The normalized spacial score (nSPS) is 9.38. The Labute approximate surface area is 95.4 Å². The van der Waals surface area contributed by atoms with Crippen molar-refractivity contribution in [3.05, 3.63) is 5.53 Å². The van der Waals surface area contributed by atoms with Gasteiger partial charge >= 0.3 is 11.7 Å². The first kappa shape index (κ1) is 14.5. The lowest BCUT2D eigenvalue weighted by atomic mass is 10.1. The van der Waals surface area contributed by atoms with Gasteiger partial charge in [0.2, 0.25) is 0 Å². The highest BCUT2D eigenvalue weighted by Gasteiger charge is 2.29. The molecule has 5 heteroatoms. The zero-order chi connectivity index (χ0) is 12.4. The fourth-order valence-corrected chi connectivity index (χ4v) is 1.31. The Morgan fingerprint density at radius 2 is 1.81 bits per heavy atom. The fourth-order valence-electron chi connectivity index (χ4n) is 1.31. The van der Waals surface area contributed by atoms with Crippen LogP contribution in [0.2, 0.25) is 0 Å². The Kier molecular flexibility index (Phi) is 7.98. The Bertz CT molecular complexity index is 294. The van der Waals surface area contributed by atoms with Crippen LogP contribution in [0.1, 0.15) is 45.4 Å². The van der Waals surface area contributed by atoms with Gasteiger partial charge in [0.1, 0.15) is 0 Å². The maximum Gasteiger partial charge on any atom is 0.441 e. The predicted molar refractivity (Wildman–Crippen MR) is 59.0 cm³/mol. The standard InChI is InChI=1S/C11H18N2O3/c1-3-4-5-6-7-8-9(14)10(13-12)11(15)16-2/h3-8H2,1-2H3. The monoisotopic (exact) mass is 226 g/mol. The molecule has 0 saturated carbocycles. The van der Waals surface area contributed by atoms with Crippen LogP contribution in [0.4, 0.5) is 0 Å². The van der Waals surface area contributed by atoms with Gasteiger partial charge in [-0.05, 0) is 6.42 Å². The summed E-state index contributed by atoms with van der Waals surface area (Å²) in [6.45, 7) is 2.11. The molecule has 0 rings (SSSR count). The Hall–Kier alpha value is -1.48. The maximum atomic E-state index is 11.4. The van der Waals surface area contributed by atoms with E-state index in [1.54, 1.807) is 0 Å². The number of methoxy groups -OCH3 is 1. The van der Waals surface area contributed by atoms with Crippen molar-refractivity contribution in [1.82, 2.24) is 0 Å². The minimum Gasteiger partial charge on any atom is -0.460 e. The zero-order valence-corrected chi connectivity index (χ0v) is 9.86.